The smallest absolute Gasteiger partial charge is 0.340 e. The lowest BCUT2D eigenvalue weighted by molar-refractivity contribution is -0.305. The van der Waals surface area contributed by atoms with Crippen LogP contribution in [0.25, 0.3) is 0 Å². The molecule has 5 rings (SSSR count). The highest BCUT2D eigenvalue weighted by atomic mass is 16.7. The molecule has 3 heterocycles. The summed E-state index contributed by atoms with van der Waals surface area (Å²) in [5.74, 6) is 0.731. The lowest BCUT2D eigenvalue weighted by Crippen LogP contribution is -2.71. The number of ether oxygens (including phenoxy) is 6. The third-order valence-electron chi connectivity index (χ3n) is 7.06. The summed E-state index contributed by atoms with van der Waals surface area (Å²) in [6.07, 6.45) is -7.36. The zero-order chi connectivity index (χ0) is 26.5. The van der Waals surface area contributed by atoms with Crippen molar-refractivity contribution in [1.82, 2.24) is 5.32 Å². The van der Waals surface area contributed by atoms with Crippen molar-refractivity contribution in [3.63, 3.8) is 0 Å². The molecule has 200 valence electrons. The Labute approximate surface area is 212 Å². The number of likely N-dealkylation sites (N-methyl/N-ethyl adjacent to an activating group) is 1. The predicted molar refractivity (Wildman–Crippen MR) is 125 cm³/mol. The Morgan fingerprint density at radius 3 is 2.54 bits per heavy atom. The second-order valence-electron chi connectivity index (χ2n) is 9.13. The first-order valence-electron chi connectivity index (χ1n) is 11.7. The molecule has 5 N–H and O–H groups in total. The summed E-state index contributed by atoms with van der Waals surface area (Å²) >= 11 is 0. The molecule has 2 aromatic carbocycles. The topological polar surface area (TPSA) is 165 Å². The Morgan fingerprint density at radius 2 is 1.86 bits per heavy atom. The fourth-order valence-corrected chi connectivity index (χ4v) is 5.14. The second kappa shape index (κ2) is 9.54. The van der Waals surface area contributed by atoms with Crippen LogP contribution in [0.1, 0.15) is 23.1 Å². The van der Waals surface area contributed by atoms with Crippen LogP contribution < -0.4 is 29.0 Å². The number of benzene rings is 2. The zero-order valence-corrected chi connectivity index (χ0v) is 20.4. The monoisotopic (exact) mass is 519 g/mol. The summed E-state index contributed by atoms with van der Waals surface area (Å²) in [5.41, 5.74) is -0.537. The van der Waals surface area contributed by atoms with Crippen LogP contribution in [0.15, 0.2) is 30.3 Å². The molecule has 0 aromatic heterocycles. The number of aliphatic hydroxyl groups excluding tert-OH is 3. The third kappa shape index (κ3) is 3.92. The number of hydrogen-bond donors (Lipinski definition) is 5. The largest absolute Gasteiger partial charge is 0.493 e. The van der Waals surface area contributed by atoms with Crippen LogP contribution in [0.4, 0.5) is 0 Å². The SMILES string of the molecule is CNCC1(C(=O)O)OC(Oc2ccc3c(c2)OCC2c4ccc(OC)c(OC)c4OC32)C(O)C(O)C1O. The molecule has 3 aliphatic heterocycles. The quantitative estimate of drug-likeness (QED) is 0.337. The molecular formula is C25H29NO11. The Balaban J connectivity index is 1.40. The zero-order valence-electron chi connectivity index (χ0n) is 20.4. The molecule has 37 heavy (non-hydrogen) atoms. The van der Waals surface area contributed by atoms with E-state index in [2.05, 4.69) is 5.32 Å². The summed E-state index contributed by atoms with van der Waals surface area (Å²) in [6, 6.07) is 8.67. The van der Waals surface area contributed by atoms with Gasteiger partial charge in [-0.3, -0.25) is 0 Å². The van der Waals surface area contributed by atoms with Gasteiger partial charge < -0.3 is 54.2 Å². The molecule has 3 aliphatic rings. The number of nitrogens with one attached hydrogen (secondary N) is 1. The lowest BCUT2D eigenvalue weighted by atomic mass is 9.86. The van der Waals surface area contributed by atoms with Gasteiger partial charge in [-0.2, -0.15) is 0 Å². The molecule has 7 atom stereocenters. The van der Waals surface area contributed by atoms with Crippen LogP contribution in [-0.2, 0) is 9.53 Å². The first kappa shape index (κ1) is 25.4. The minimum Gasteiger partial charge on any atom is -0.493 e. The van der Waals surface area contributed by atoms with Crippen LogP contribution in [-0.4, -0.2) is 91.0 Å². The molecule has 0 saturated carbocycles. The summed E-state index contributed by atoms with van der Waals surface area (Å²) in [4.78, 5) is 12.0. The van der Waals surface area contributed by atoms with Crippen molar-refractivity contribution >= 4 is 5.97 Å². The van der Waals surface area contributed by atoms with Gasteiger partial charge in [-0.25, -0.2) is 4.79 Å². The summed E-state index contributed by atoms with van der Waals surface area (Å²) in [5, 5.41) is 43.6. The van der Waals surface area contributed by atoms with Gasteiger partial charge in [0.1, 0.15) is 35.9 Å². The van der Waals surface area contributed by atoms with Crippen molar-refractivity contribution in [2.24, 2.45) is 0 Å². The minimum absolute atomic E-state index is 0.0769. The summed E-state index contributed by atoms with van der Waals surface area (Å²) in [7, 11) is 4.57. The average Bonchev–Trinajstić information content (AvgIpc) is 3.28. The molecule has 0 radical (unpaired) electrons. The number of carboxylic acid groups (broad SMARTS) is 1. The third-order valence-corrected chi connectivity index (χ3v) is 7.06. The van der Waals surface area contributed by atoms with E-state index in [0.717, 1.165) is 11.1 Å². The molecule has 1 saturated heterocycles. The molecule has 0 bridgehead atoms. The van der Waals surface area contributed by atoms with E-state index in [1.165, 1.54) is 7.05 Å². The molecule has 0 aliphatic carbocycles. The maximum Gasteiger partial charge on any atom is 0.340 e. The normalized spacial score (nSPS) is 31.7. The molecule has 12 nitrogen and oxygen atoms in total. The minimum atomic E-state index is -2.24. The van der Waals surface area contributed by atoms with Crippen LogP contribution in [0.2, 0.25) is 0 Å². The fourth-order valence-electron chi connectivity index (χ4n) is 5.14. The van der Waals surface area contributed by atoms with Gasteiger partial charge in [-0.1, -0.05) is 6.07 Å². The van der Waals surface area contributed by atoms with Gasteiger partial charge in [-0.15, -0.1) is 0 Å². The van der Waals surface area contributed by atoms with E-state index in [4.69, 9.17) is 28.4 Å². The van der Waals surface area contributed by atoms with Crippen molar-refractivity contribution in [3.8, 4) is 28.7 Å². The van der Waals surface area contributed by atoms with Crippen molar-refractivity contribution in [2.45, 2.75) is 42.2 Å². The van der Waals surface area contributed by atoms with E-state index >= 15 is 0 Å². The first-order valence-corrected chi connectivity index (χ1v) is 11.7. The van der Waals surface area contributed by atoms with E-state index in [9.17, 15) is 25.2 Å². The van der Waals surface area contributed by atoms with Crippen LogP contribution >= 0.6 is 0 Å². The highest BCUT2D eigenvalue weighted by Crippen LogP contribution is 2.56. The van der Waals surface area contributed by atoms with Crippen molar-refractivity contribution < 1.29 is 53.6 Å². The molecule has 2 aromatic rings. The predicted octanol–water partition coefficient (Wildman–Crippen LogP) is 0.174. The highest BCUT2D eigenvalue weighted by molar-refractivity contribution is 5.79. The number of carbonyl (C=O) groups is 1. The summed E-state index contributed by atoms with van der Waals surface area (Å²) in [6.45, 7) is -0.0169. The molecule has 1 fully saturated rings. The molecule has 0 amide bonds. The Kier molecular flexibility index (Phi) is 6.54. The number of methoxy groups -OCH3 is 2. The van der Waals surface area contributed by atoms with Gasteiger partial charge in [0.2, 0.25) is 17.6 Å². The lowest BCUT2D eigenvalue weighted by Gasteiger charge is -2.45. The molecular weight excluding hydrogens is 490 g/mol. The summed E-state index contributed by atoms with van der Waals surface area (Å²) < 4.78 is 34.5. The van der Waals surface area contributed by atoms with Crippen molar-refractivity contribution in [1.29, 1.82) is 0 Å². The fraction of sp³-hybridized carbons (Fsp3) is 0.480. The van der Waals surface area contributed by atoms with Gasteiger partial charge >= 0.3 is 5.97 Å². The van der Waals surface area contributed by atoms with Gasteiger partial charge in [0.05, 0.1) is 26.7 Å². The van der Waals surface area contributed by atoms with E-state index < -0.39 is 36.2 Å². The Bertz CT molecular complexity index is 1190. The second-order valence-corrected chi connectivity index (χ2v) is 9.13. The number of aliphatic hydroxyl groups is 3. The maximum absolute atomic E-state index is 12.0. The van der Waals surface area contributed by atoms with Crippen molar-refractivity contribution in [3.05, 3.63) is 41.5 Å². The molecule has 0 spiro atoms. The van der Waals surface area contributed by atoms with E-state index in [0.29, 0.717) is 29.6 Å². The van der Waals surface area contributed by atoms with Gasteiger partial charge in [0.15, 0.2) is 11.5 Å². The average molecular weight is 520 g/mol. The van der Waals surface area contributed by atoms with Crippen LogP contribution in [0.3, 0.4) is 0 Å². The van der Waals surface area contributed by atoms with E-state index in [-0.39, 0.29) is 24.3 Å². The van der Waals surface area contributed by atoms with Crippen LogP contribution in [0, 0.1) is 0 Å². The van der Waals surface area contributed by atoms with Gasteiger partial charge in [0, 0.05) is 23.7 Å². The number of fused-ring (bicyclic) bond motifs is 5. The van der Waals surface area contributed by atoms with E-state index in [1.54, 1.807) is 32.4 Å². The number of carboxylic acids is 1. The van der Waals surface area contributed by atoms with E-state index in [1.807, 2.05) is 12.1 Å². The number of aliphatic carboxylic acids is 1. The molecule has 7 unspecified atom stereocenters. The molecule has 12 heteroatoms. The first-order chi connectivity index (χ1) is 17.7. The standard InChI is InChI=1S/C25H29NO11/c1-26-10-25(24(30)31)22(29)17(27)18(28)23(37-25)35-11-4-5-13-16(8-11)34-9-14-12-6-7-15(32-2)21(33-3)20(12)36-19(13)14/h4-8,14,17-19,22-23,26-29H,9-10H2,1-3H3,(H,30,31). The Morgan fingerprint density at radius 1 is 1.11 bits per heavy atom. The van der Waals surface area contributed by atoms with Gasteiger partial charge in [-0.05, 0) is 25.2 Å². The van der Waals surface area contributed by atoms with Crippen LogP contribution in [0.5, 0.6) is 28.7 Å². The Hall–Kier alpha value is -3.29. The van der Waals surface area contributed by atoms with Gasteiger partial charge in [0.25, 0.3) is 0 Å². The number of hydrogen-bond acceptors (Lipinski definition) is 11. The maximum atomic E-state index is 12.0. The van der Waals surface area contributed by atoms with Crippen molar-refractivity contribution in [2.75, 3.05) is 34.4 Å². The number of rotatable bonds is 7. The highest BCUT2D eigenvalue weighted by Gasteiger charge is 2.59.